The summed E-state index contributed by atoms with van der Waals surface area (Å²) in [7, 11) is -3.75. The van der Waals surface area contributed by atoms with Crippen LogP contribution in [-0.4, -0.2) is 24.8 Å². The molecule has 0 unspecified atom stereocenters. The summed E-state index contributed by atoms with van der Waals surface area (Å²) < 4.78 is 31.7. The third-order valence-corrected chi connectivity index (χ3v) is 6.30. The van der Waals surface area contributed by atoms with Gasteiger partial charge in [0.05, 0.1) is 11.5 Å². The Balaban J connectivity index is 1.47. The normalized spacial score (nSPS) is 11.5. The first-order valence-corrected chi connectivity index (χ1v) is 11.6. The van der Waals surface area contributed by atoms with Gasteiger partial charge in [-0.3, -0.25) is 8.86 Å². The first kappa shape index (κ1) is 21.0. The topological polar surface area (TPSA) is 61.2 Å². The van der Waals surface area contributed by atoms with Crippen molar-refractivity contribution in [3.05, 3.63) is 96.7 Å². The van der Waals surface area contributed by atoms with Gasteiger partial charge >= 0.3 is 0 Å². The van der Waals surface area contributed by atoms with Crippen LogP contribution in [-0.2, 0) is 20.8 Å². The first-order chi connectivity index (χ1) is 15.0. The molecule has 6 heteroatoms. The molecule has 31 heavy (non-hydrogen) atoms. The highest BCUT2D eigenvalue weighted by Crippen LogP contribution is 2.30. The summed E-state index contributed by atoms with van der Waals surface area (Å²) in [5, 5.41) is 4.77. The molecule has 4 aromatic rings. The maximum Gasteiger partial charge on any atom is 0.296 e. The van der Waals surface area contributed by atoms with Crippen molar-refractivity contribution >= 4 is 10.1 Å². The van der Waals surface area contributed by atoms with Crippen LogP contribution in [0.5, 0.6) is 0 Å². The lowest BCUT2D eigenvalue weighted by molar-refractivity contribution is 0.301. The predicted octanol–water partition coefficient (Wildman–Crippen LogP) is 5.32. The van der Waals surface area contributed by atoms with Crippen LogP contribution in [0, 0.1) is 6.92 Å². The van der Waals surface area contributed by atoms with E-state index in [0.29, 0.717) is 13.0 Å². The van der Waals surface area contributed by atoms with Crippen LogP contribution in [0.15, 0.2) is 96.0 Å². The average Bonchev–Trinajstić information content (AvgIpc) is 3.23. The molecule has 0 aliphatic rings. The molecule has 4 rings (SSSR count). The molecule has 0 saturated carbocycles. The molecule has 3 aromatic carbocycles. The van der Waals surface area contributed by atoms with Crippen LogP contribution < -0.4 is 0 Å². The summed E-state index contributed by atoms with van der Waals surface area (Å²) in [5.41, 5.74) is 5.07. The number of aromatic nitrogens is 2. The molecule has 5 nitrogen and oxygen atoms in total. The molecule has 0 N–H and O–H groups in total. The zero-order valence-electron chi connectivity index (χ0n) is 17.3. The van der Waals surface area contributed by atoms with Crippen LogP contribution >= 0.6 is 0 Å². The number of benzene rings is 3. The van der Waals surface area contributed by atoms with Gasteiger partial charge in [-0.1, -0.05) is 78.4 Å². The fraction of sp³-hybridized carbons (Fsp3) is 0.160. The van der Waals surface area contributed by atoms with E-state index in [4.69, 9.17) is 9.28 Å². The highest BCUT2D eigenvalue weighted by Gasteiger charge is 2.16. The van der Waals surface area contributed by atoms with Crippen molar-refractivity contribution in [2.45, 2.75) is 24.8 Å². The number of hydrogen-bond donors (Lipinski definition) is 0. The molecule has 0 aliphatic heterocycles. The SMILES string of the molecule is Cc1ccc(S(=O)(=O)OCCCn2cc(-c3ccccc3)c(-c3ccccc3)n2)cc1. The third-order valence-electron chi connectivity index (χ3n) is 4.97. The van der Waals surface area contributed by atoms with Gasteiger partial charge in [-0.15, -0.1) is 0 Å². The van der Waals surface area contributed by atoms with Crippen molar-refractivity contribution in [2.75, 3.05) is 6.61 Å². The molecule has 0 saturated heterocycles. The second-order valence-electron chi connectivity index (χ2n) is 7.33. The van der Waals surface area contributed by atoms with E-state index in [-0.39, 0.29) is 11.5 Å². The van der Waals surface area contributed by atoms with E-state index in [1.54, 1.807) is 24.3 Å². The van der Waals surface area contributed by atoms with E-state index in [9.17, 15) is 8.42 Å². The van der Waals surface area contributed by atoms with E-state index >= 15 is 0 Å². The van der Waals surface area contributed by atoms with E-state index < -0.39 is 10.1 Å². The molecular formula is C25H24N2O3S. The van der Waals surface area contributed by atoms with Crippen molar-refractivity contribution in [2.24, 2.45) is 0 Å². The Bertz CT molecular complexity index is 1180. The van der Waals surface area contributed by atoms with E-state index in [1.807, 2.05) is 66.3 Å². The molecule has 158 valence electrons. The predicted molar refractivity (Wildman–Crippen MR) is 122 cm³/mol. The van der Waals surface area contributed by atoms with E-state index in [1.165, 1.54) is 0 Å². The Morgan fingerprint density at radius 3 is 2.10 bits per heavy atom. The number of rotatable bonds is 8. The molecule has 0 radical (unpaired) electrons. The summed E-state index contributed by atoms with van der Waals surface area (Å²) in [6.07, 6.45) is 2.53. The molecule has 1 aromatic heterocycles. The van der Waals surface area contributed by atoms with E-state index in [2.05, 4.69) is 12.1 Å². The molecule has 0 atom stereocenters. The lowest BCUT2D eigenvalue weighted by atomic mass is 10.0. The Hall–Kier alpha value is -3.22. The average molecular weight is 433 g/mol. The van der Waals surface area contributed by atoms with Gasteiger partial charge in [0.1, 0.15) is 5.69 Å². The lowest BCUT2D eigenvalue weighted by Crippen LogP contribution is -2.10. The smallest absolute Gasteiger partial charge is 0.271 e. The molecule has 0 bridgehead atoms. The van der Waals surface area contributed by atoms with Crippen molar-refractivity contribution in [1.29, 1.82) is 0 Å². The first-order valence-electron chi connectivity index (χ1n) is 10.2. The highest BCUT2D eigenvalue weighted by molar-refractivity contribution is 7.86. The molecule has 0 aliphatic carbocycles. The van der Waals surface area contributed by atoms with Crippen LogP contribution in [0.1, 0.15) is 12.0 Å². The maximum atomic E-state index is 12.3. The zero-order valence-corrected chi connectivity index (χ0v) is 18.1. The molecular weight excluding hydrogens is 408 g/mol. The van der Waals surface area contributed by atoms with Crippen molar-refractivity contribution in [1.82, 2.24) is 9.78 Å². The zero-order chi connectivity index (χ0) is 21.7. The lowest BCUT2D eigenvalue weighted by Gasteiger charge is -2.06. The summed E-state index contributed by atoms with van der Waals surface area (Å²) >= 11 is 0. The van der Waals surface area contributed by atoms with Crippen LogP contribution in [0.4, 0.5) is 0 Å². The highest BCUT2D eigenvalue weighted by atomic mass is 32.2. The maximum absolute atomic E-state index is 12.3. The van der Waals surface area contributed by atoms with Gasteiger partial charge in [-0.25, -0.2) is 0 Å². The van der Waals surface area contributed by atoms with Crippen molar-refractivity contribution in [3.63, 3.8) is 0 Å². The van der Waals surface area contributed by atoms with Crippen molar-refractivity contribution in [3.8, 4) is 22.4 Å². The summed E-state index contributed by atoms with van der Waals surface area (Å²) in [5.74, 6) is 0. The fourth-order valence-electron chi connectivity index (χ4n) is 3.34. The Kier molecular flexibility index (Phi) is 6.30. The second-order valence-corrected chi connectivity index (χ2v) is 8.94. The summed E-state index contributed by atoms with van der Waals surface area (Å²) in [4.78, 5) is 0.176. The Labute approximate surface area is 183 Å². The van der Waals surface area contributed by atoms with Gasteiger partial charge in [0.25, 0.3) is 10.1 Å². The fourth-order valence-corrected chi connectivity index (χ4v) is 4.29. The minimum Gasteiger partial charge on any atom is -0.271 e. The largest absolute Gasteiger partial charge is 0.296 e. The number of nitrogens with zero attached hydrogens (tertiary/aromatic N) is 2. The van der Waals surface area contributed by atoms with Crippen LogP contribution in [0.2, 0.25) is 0 Å². The minimum absolute atomic E-state index is 0.0947. The van der Waals surface area contributed by atoms with Crippen molar-refractivity contribution < 1.29 is 12.6 Å². The minimum atomic E-state index is -3.75. The van der Waals surface area contributed by atoms with Gasteiger partial charge in [0.2, 0.25) is 0 Å². The van der Waals surface area contributed by atoms with Crippen LogP contribution in [0.3, 0.4) is 0 Å². The molecule has 0 spiro atoms. The Morgan fingerprint density at radius 2 is 1.45 bits per heavy atom. The standard InChI is InChI=1S/C25H24N2O3S/c1-20-13-15-23(16-14-20)31(28,29)30-18-8-17-27-19-24(21-9-4-2-5-10-21)25(26-27)22-11-6-3-7-12-22/h2-7,9-16,19H,8,17-18H2,1H3. The summed E-state index contributed by atoms with van der Waals surface area (Å²) in [6, 6.07) is 26.8. The van der Waals surface area contributed by atoms with Gasteiger partial charge in [-0.2, -0.15) is 13.5 Å². The van der Waals surface area contributed by atoms with Gasteiger partial charge < -0.3 is 0 Å². The quantitative estimate of drug-likeness (QED) is 0.279. The molecule has 0 amide bonds. The molecule has 0 fully saturated rings. The second kappa shape index (κ2) is 9.29. The van der Waals surface area contributed by atoms with E-state index in [0.717, 1.165) is 27.9 Å². The molecule has 1 heterocycles. The monoisotopic (exact) mass is 432 g/mol. The third kappa shape index (κ3) is 5.10. The Morgan fingerprint density at radius 1 is 0.839 bits per heavy atom. The summed E-state index contributed by atoms with van der Waals surface area (Å²) in [6.45, 7) is 2.56. The number of aryl methyl sites for hydroxylation is 2. The number of hydrogen-bond acceptors (Lipinski definition) is 4. The van der Waals surface area contributed by atoms with Gasteiger partial charge in [0, 0.05) is 23.9 Å². The van der Waals surface area contributed by atoms with Crippen LogP contribution in [0.25, 0.3) is 22.4 Å². The van der Waals surface area contributed by atoms with Gasteiger partial charge in [-0.05, 0) is 31.0 Å². The van der Waals surface area contributed by atoms with Gasteiger partial charge in [0.15, 0.2) is 0 Å².